The number of benzene rings is 2. The van der Waals surface area contributed by atoms with Crippen molar-refractivity contribution in [2.45, 2.75) is 30.7 Å². The van der Waals surface area contributed by atoms with E-state index in [9.17, 15) is 5.11 Å². The van der Waals surface area contributed by atoms with Gasteiger partial charge in [-0.1, -0.05) is 0 Å². The van der Waals surface area contributed by atoms with Crippen molar-refractivity contribution in [3.63, 3.8) is 0 Å². The molecule has 0 aliphatic rings. The Balaban J connectivity index is 2.11. The first-order valence-corrected chi connectivity index (χ1v) is 8.60. The van der Waals surface area contributed by atoms with Crippen molar-refractivity contribution in [3.8, 4) is 0 Å². The molecule has 0 unspecified atom stereocenters. The van der Waals surface area contributed by atoms with Crippen LogP contribution in [0.25, 0.3) is 0 Å². The normalized spacial score (nSPS) is 14.0. The van der Waals surface area contributed by atoms with Gasteiger partial charge < -0.3 is 0 Å². The molecule has 0 fully saturated rings. The molecule has 19 heavy (non-hydrogen) atoms. The maximum atomic E-state index is 10.6. The van der Waals surface area contributed by atoms with Crippen LogP contribution in [-0.2, 0) is 0 Å². The Morgan fingerprint density at radius 1 is 0.947 bits per heavy atom. The van der Waals surface area contributed by atoms with Gasteiger partial charge in [0.1, 0.15) is 0 Å². The van der Waals surface area contributed by atoms with E-state index in [4.69, 9.17) is 0 Å². The second-order valence-electron chi connectivity index (χ2n) is 4.61. The molecule has 0 amide bonds. The number of hydrogen-bond donors (Lipinski definition) is 1. The SMILES string of the molecule is CCC[C@@H]([Se]c1ccccc1)[C@H](O)c1ccccc1. The van der Waals surface area contributed by atoms with E-state index >= 15 is 0 Å². The van der Waals surface area contributed by atoms with Gasteiger partial charge in [-0.3, -0.25) is 0 Å². The van der Waals surface area contributed by atoms with Crippen molar-refractivity contribution in [1.29, 1.82) is 0 Å². The van der Waals surface area contributed by atoms with Crippen molar-refractivity contribution < 1.29 is 5.11 Å². The molecular weight excluding hydrogens is 299 g/mol. The summed E-state index contributed by atoms with van der Waals surface area (Å²) < 4.78 is 1.36. The third kappa shape index (κ3) is 4.21. The standard InChI is InChI=1S/C17H20OSe/c1-2-9-16(19-15-12-7-4-8-13-15)17(18)14-10-5-3-6-11-14/h3-8,10-13,16-18H,2,9H2,1H3/t16-,17-/m1/s1. The molecule has 0 heterocycles. The molecular formula is C17H20OSe. The van der Waals surface area contributed by atoms with Crippen LogP contribution in [0.4, 0.5) is 0 Å². The zero-order valence-corrected chi connectivity index (χ0v) is 12.9. The van der Waals surface area contributed by atoms with Gasteiger partial charge in [-0.2, -0.15) is 0 Å². The van der Waals surface area contributed by atoms with E-state index in [-0.39, 0.29) is 6.10 Å². The summed E-state index contributed by atoms with van der Waals surface area (Å²) in [4.78, 5) is 0.349. The Morgan fingerprint density at radius 3 is 2.11 bits per heavy atom. The van der Waals surface area contributed by atoms with E-state index in [0.717, 1.165) is 18.4 Å². The summed E-state index contributed by atoms with van der Waals surface area (Å²) in [5, 5.41) is 10.6. The minimum atomic E-state index is -0.346. The molecule has 0 aromatic heterocycles. The van der Waals surface area contributed by atoms with Gasteiger partial charge in [0.15, 0.2) is 0 Å². The van der Waals surface area contributed by atoms with Crippen molar-refractivity contribution in [2.75, 3.05) is 0 Å². The zero-order valence-electron chi connectivity index (χ0n) is 11.2. The molecule has 0 saturated heterocycles. The van der Waals surface area contributed by atoms with Crippen LogP contribution in [-0.4, -0.2) is 20.1 Å². The van der Waals surface area contributed by atoms with Crippen molar-refractivity contribution in [3.05, 3.63) is 66.2 Å². The van der Waals surface area contributed by atoms with Crippen molar-refractivity contribution >= 4 is 19.4 Å². The quantitative estimate of drug-likeness (QED) is 0.810. The first-order chi connectivity index (χ1) is 9.31. The third-order valence-corrected chi connectivity index (χ3v) is 5.91. The van der Waals surface area contributed by atoms with Gasteiger partial charge >= 0.3 is 121 Å². The Labute approximate surface area is 121 Å². The summed E-state index contributed by atoms with van der Waals surface area (Å²) in [7, 11) is 0. The van der Waals surface area contributed by atoms with Crippen LogP contribution in [0.2, 0.25) is 4.82 Å². The van der Waals surface area contributed by atoms with E-state index in [1.807, 2.05) is 36.4 Å². The summed E-state index contributed by atoms with van der Waals surface area (Å²) in [6.45, 7) is 2.19. The third-order valence-electron chi connectivity index (χ3n) is 3.10. The van der Waals surface area contributed by atoms with Crippen LogP contribution < -0.4 is 4.46 Å². The molecule has 2 rings (SSSR count). The Bertz CT molecular complexity index is 469. The molecule has 2 aromatic carbocycles. The number of aliphatic hydroxyl groups excluding tert-OH is 1. The number of hydrogen-bond acceptors (Lipinski definition) is 1. The summed E-state index contributed by atoms with van der Waals surface area (Å²) >= 11 is 0.312. The van der Waals surface area contributed by atoms with Gasteiger partial charge in [-0.15, -0.1) is 0 Å². The second-order valence-corrected chi connectivity index (χ2v) is 7.37. The van der Waals surface area contributed by atoms with Crippen molar-refractivity contribution in [2.24, 2.45) is 0 Å². The fraction of sp³-hybridized carbons (Fsp3) is 0.294. The van der Waals surface area contributed by atoms with Gasteiger partial charge in [-0.05, 0) is 0 Å². The van der Waals surface area contributed by atoms with Crippen LogP contribution in [0.15, 0.2) is 60.7 Å². The molecule has 0 saturated carbocycles. The molecule has 2 heteroatoms. The molecule has 2 atom stereocenters. The van der Waals surface area contributed by atoms with Crippen LogP contribution in [0.3, 0.4) is 0 Å². The maximum absolute atomic E-state index is 10.6. The molecule has 0 spiro atoms. The van der Waals surface area contributed by atoms with Crippen LogP contribution in [0, 0.1) is 0 Å². The molecule has 100 valence electrons. The van der Waals surface area contributed by atoms with E-state index in [2.05, 4.69) is 31.2 Å². The monoisotopic (exact) mass is 320 g/mol. The number of aliphatic hydroxyl groups is 1. The Kier molecular flexibility index (Phi) is 5.65. The van der Waals surface area contributed by atoms with Crippen LogP contribution in [0.1, 0.15) is 31.4 Å². The van der Waals surface area contributed by atoms with Gasteiger partial charge in [-0.25, -0.2) is 0 Å². The Morgan fingerprint density at radius 2 is 1.53 bits per heavy atom. The number of rotatable bonds is 6. The van der Waals surface area contributed by atoms with Gasteiger partial charge in [0.2, 0.25) is 0 Å². The van der Waals surface area contributed by atoms with E-state index < -0.39 is 0 Å². The predicted octanol–water partition coefficient (Wildman–Crippen LogP) is 3.34. The molecule has 0 radical (unpaired) electrons. The first-order valence-electron chi connectivity index (χ1n) is 6.76. The molecule has 1 N–H and O–H groups in total. The van der Waals surface area contributed by atoms with Gasteiger partial charge in [0, 0.05) is 0 Å². The zero-order chi connectivity index (χ0) is 13.5. The summed E-state index contributed by atoms with van der Waals surface area (Å²) in [5.41, 5.74) is 1.04. The molecule has 0 aliphatic heterocycles. The summed E-state index contributed by atoms with van der Waals surface area (Å²) in [6.07, 6.45) is 1.84. The Hall–Kier alpha value is -1.08. The van der Waals surface area contributed by atoms with E-state index in [1.165, 1.54) is 4.46 Å². The van der Waals surface area contributed by atoms with Crippen LogP contribution >= 0.6 is 0 Å². The van der Waals surface area contributed by atoms with Gasteiger partial charge in [0.25, 0.3) is 0 Å². The molecule has 2 aromatic rings. The molecule has 0 bridgehead atoms. The van der Waals surface area contributed by atoms with E-state index in [0.29, 0.717) is 19.8 Å². The predicted molar refractivity (Wildman–Crippen MR) is 81.9 cm³/mol. The van der Waals surface area contributed by atoms with Gasteiger partial charge in [0.05, 0.1) is 0 Å². The van der Waals surface area contributed by atoms with Crippen molar-refractivity contribution in [1.82, 2.24) is 0 Å². The average molecular weight is 319 g/mol. The van der Waals surface area contributed by atoms with Crippen LogP contribution in [0.5, 0.6) is 0 Å². The molecule has 1 nitrogen and oxygen atoms in total. The fourth-order valence-corrected chi connectivity index (χ4v) is 4.84. The minimum absolute atomic E-state index is 0.312. The van der Waals surface area contributed by atoms with E-state index in [1.54, 1.807) is 0 Å². The first kappa shape index (κ1) is 14.3. The summed E-state index contributed by atoms with van der Waals surface area (Å²) in [6, 6.07) is 20.6. The average Bonchev–Trinajstić information content (AvgIpc) is 2.48. The molecule has 0 aliphatic carbocycles. The second kappa shape index (κ2) is 7.49. The topological polar surface area (TPSA) is 20.2 Å². The summed E-state index contributed by atoms with van der Waals surface area (Å²) in [5.74, 6) is 0. The fourth-order valence-electron chi connectivity index (χ4n) is 2.10.